The fraction of sp³-hybridized carbons (Fsp3) is 0.857. The highest BCUT2D eigenvalue weighted by molar-refractivity contribution is 5.73. The van der Waals surface area contributed by atoms with E-state index >= 15 is 0 Å². The Bertz CT molecular complexity index is 335. The molecule has 2 unspecified atom stereocenters. The lowest BCUT2D eigenvalue weighted by atomic mass is 9.96. The zero-order chi connectivity index (χ0) is 14.6. The molecular formula is C14H25NO4. The quantitative estimate of drug-likeness (QED) is 0.838. The van der Waals surface area contributed by atoms with E-state index in [4.69, 9.17) is 4.74 Å². The van der Waals surface area contributed by atoms with Crippen LogP contribution in [0.15, 0.2) is 0 Å². The average molecular weight is 271 g/mol. The Morgan fingerprint density at radius 3 is 2.42 bits per heavy atom. The maximum Gasteiger partial charge on any atom is 0.410 e. The van der Waals surface area contributed by atoms with Gasteiger partial charge >= 0.3 is 12.1 Å². The molecule has 1 heterocycles. The molecule has 5 heteroatoms. The van der Waals surface area contributed by atoms with Crippen molar-refractivity contribution in [3.05, 3.63) is 0 Å². The molecule has 1 aliphatic heterocycles. The molecule has 1 amide bonds. The van der Waals surface area contributed by atoms with E-state index in [1.54, 1.807) is 11.8 Å². The molecule has 1 N–H and O–H groups in total. The number of likely N-dealkylation sites (tertiary alicyclic amines) is 1. The summed E-state index contributed by atoms with van der Waals surface area (Å²) < 4.78 is 5.39. The number of amides is 1. The molecule has 0 radical (unpaired) electrons. The lowest BCUT2D eigenvalue weighted by molar-refractivity contribution is -0.143. The van der Waals surface area contributed by atoms with Crippen molar-refractivity contribution in [1.82, 2.24) is 4.90 Å². The molecule has 1 rings (SSSR count). The molecule has 0 aliphatic carbocycles. The molecule has 0 aromatic carbocycles. The second-order valence-corrected chi connectivity index (χ2v) is 6.22. The van der Waals surface area contributed by atoms with Crippen LogP contribution in [0.1, 0.15) is 53.4 Å². The van der Waals surface area contributed by atoms with Crippen LogP contribution in [-0.2, 0) is 9.53 Å². The molecule has 0 spiro atoms. The largest absolute Gasteiger partial charge is 0.481 e. The van der Waals surface area contributed by atoms with Crippen molar-refractivity contribution < 1.29 is 19.4 Å². The normalized spacial score (nSPS) is 22.5. The Morgan fingerprint density at radius 2 is 1.89 bits per heavy atom. The van der Waals surface area contributed by atoms with Gasteiger partial charge in [0.1, 0.15) is 5.60 Å². The van der Waals surface area contributed by atoms with Gasteiger partial charge in [0.05, 0.1) is 5.92 Å². The monoisotopic (exact) mass is 271 g/mol. The van der Waals surface area contributed by atoms with Gasteiger partial charge in [0, 0.05) is 12.6 Å². The van der Waals surface area contributed by atoms with Crippen molar-refractivity contribution >= 4 is 12.1 Å². The summed E-state index contributed by atoms with van der Waals surface area (Å²) >= 11 is 0. The third-order valence-electron chi connectivity index (χ3n) is 3.39. The summed E-state index contributed by atoms with van der Waals surface area (Å²) in [5, 5.41) is 9.18. The number of ether oxygens (including phenoxy) is 1. The topological polar surface area (TPSA) is 66.8 Å². The smallest absolute Gasteiger partial charge is 0.410 e. The van der Waals surface area contributed by atoms with Crippen LogP contribution in [-0.4, -0.2) is 40.3 Å². The molecule has 0 aromatic heterocycles. The lowest BCUT2D eigenvalue weighted by Crippen LogP contribution is -2.47. The van der Waals surface area contributed by atoms with Gasteiger partial charge in [-0.2, -0.15) is 0 Å². The first kappa shape index (κ1) is 15.8. The van der Waals surface area contributed by atoms with Gasteiger partial charge in [-0.05, 0) is 40.5 Å². The van der Waals surface area contributed by atoms with E-state index in [0.717, 1.165) is 25.7 Å². The van der Waals surface area contributed by atoms with E-state index in [-0.39, 0.29) is 6.04 Å². The molecule has 0 saturated carbocycles. The summed E-state index contributed by atoms with van der Waals surface area (Å²) in [4.78, 5) is 25.0. The summed E-state index contributed by atoms with van der Waals surface area (Å²) in [5.74, 6) is -1.42. The van der Waals surface area contributed by atoms with Gasteiger partial charge in [0.2, 0.25) is 0 Å². The molecule has 0 bridgehead atoms. The molecule has 1 fully saturated rings. The highest BCUT2D eigenvalue weighted by atomic mass is 16.6. The molecule has 0 aromatic rings. The third kappa shape index (κ3) is 4.73. The summed E-state index contributed by atoms with van der Waals surface area (Å²) in [6, 6.07) is -0.269. The van der Waals surface area contributed by atoms with Crippen LogP contribution in [0, 0.1) is 5.92 Å². The van der Waals surface area contributed by atoms with Crippen LogP contribution >= 0.6 is 0 Å². The number of carboxylic acids is 1. The van der Waals surface area contributed by atoms with Crippen molar-refractivity contribution in [3.8, 4) is 0 Å². The van der Waals surface area contributed by atoms with Crippen LogP contribution in [0.2, 0.25) is 0 Å². The minimum absolute atomic E-state index is 0.269. The third-order valence-corrected chi connectivity index (χ3v) is 3.39. The van der Waals surface area contributed by atoms with E-state index in [1.807, 2.05) is 20.8 Å². The van der Waals surface area contributed by atoms with Gasteiger partial charge in [0.15, 0.2) is 0 Å². The lowest BCUT2D eigenvalue weighted by Gasteiger charge is -2.34. The molecule has 1 aliphatic rings. The van der Waals surface area contributed by atoms with Crippen molar-refractivity contribution in [2.75, 3.05) is 6.54 Å². The van der Waals surface area contributed by atoms with E-state index < -0.39 is 23.6 Å². The molecule has 1 saturated heterocycles. The molecule has 19 heavy (non-hydrogen) atoms. The number of rotatable bonds is 2. The first-order valence-electron chi connectivity index (χ1n) is 6.95. The number of carbonyl (C=O) groups excluding carboxylic acids is 1. The summed E-state index contributed by atoms with van der Waals surface area (Å²) in [6.45, 7) is 7.70. The SMILES string of the molecule is CC(C(=O)O)C1CCCCCN1C(=O)OC(C)(C)C. The molecule has 110 valence electrons. The second kappa shape index (κ2) is 6.26. The number of nitrogens with zero attached hydrogens (tertiary/aromatic N) is 1. The van der Waals surface area contributed by atoms with Gasteiger partial charge in [0.25, 0.3) is 0 Å². The maximum absolute atomic E-state index is 12.2. The van der Waals surface area contributed by atoms with Crippen LogP contribution < -0.4 is 0 Å². The van der Waals surface area contributed by atoms with Gasteiger partial charge in [-0.25, -0.2) is 4.79 Å². The first-order valence-corrected chi connectivity index (χ1v) is 6.95. The highest BCUT2D eigenvalue weighted by Crippen LogP contribution is 2.25. The number of carbonyl (C=O) groups is 2. The zero-order valence-corrected chi connectivity index (χ0v) is 12.3. The minimum atomic E-state index is -0.861. The number of hydrogen-bond donors (Lipinski definition) is 1. The number of carboxylic acid groups (broad SMARTS) is 1. The van der Waals surface area contributed by atoms with Crippen LogP contribution in [0.4, 0.5) is 4.79 Å². The van der Waals surface area contributed by atoms with E-state index in [9.17, 15) is 14.7 Å². The van der Waals surface area contributed by atoms with Crippen molar-refractivity contribution in [2.45, 2.75) is 65.0 Å². The maximum atomic E-state index is 12.2. The minimum Gasteiger partial charge on any atom is -0.481 e. The second-order valence-electron chi connectivity index (χ2n) is 6.22. The van der Waals surface area contributed by atoms with Crippen LogP contribution in [0.5, 0.6) is 0 Å². The molecule has 5 nitrogen and oxygen atoms in total. The predicted molar refractivity (Wildman–Crippen MR) is 72.0 cm³/mol. The van der Waals surface area contributed by atoms with E-state index in [2.05, 4.69) is 0 Å². The molecule has 2 atom stereocenters. The van der Waals surface area contributed by atoms with E-state index in [0.29, 0.717) is 6.54 Å². The Hall–Kier alpha value is -1.26. The average Bonchev–Trinajstić information content (AvgIpc) is 2.50. The van der Waals surface area contributed by atoms with Crippen molar-refractivity contribution in [3.63, 3.8) is 0 Å². The summed E-state index contributed by atoms with van der Waals surface area (Å²) in [5.41, 5.74) is -0.555. The fourth-order valence-corrected chi connectivity index (χ4v) is 2.37. The Morgan fingerprint density at radius 1 is 1.26 bits per heavy atom. The summed E-state index contributed by atoms with van der Waals surface area (Å²) in [6.07, 6.45) is 3.23. The highest BCUT2D eigenvalue weighted by Gasteiger charge is 2.35. The van der Waals surface area contributed by atoms with Gasteiger partial charge in [-0.3, -0.25) is 4.79 Å². The van der Waals surface area contributed by atoms with Crippen LogP contribution in [0.25, 0.3) is 0 Å². The van der Waals surface area contributed by atoms with Crippen molar-refractivity contribution in [1.29, 1.82) is 0 Å². The van der Waals surface area contributed by atoms with Gasteiger partial charge in [-0.1, -0.05) is 12.8 Å². The summed E-state index contributed by atoms with van der Waals surface area (Å²) in [7, 11) is 0. The number of hydrogen-bond acceptors (Lipinski definition) is 3. The van der Waals surface area contributed by atoms with Crippen molar-refractivity contribution in [2.24, 2.45) is 5.92 Å². The predicted octanol–water partition coefficient (Wildman–Crippen LogP) is 2.89. The Balaban J connectivity index is 2.84. The Labute approximate surface area is 114 Å². The standard InChI is InChI=1S/C14H25NO4/c1-10(12(16)17)11-8-6-5-7-9-15(11)13(18)19-14(2,3)4/h10-11H,5-9H2,1-4H3,(H,16,17). The van der Waals surface area contributed by atoms with Gasteiger partial charge in [-0.15, -0.1) is 0 Å². The number of aliphatic carboxylic acids is 1. The molecular weight excluding hydrogens is 246 g/mol. The first-order chi connectivity index (χ1) is 8.72. The van der Waals surface area contributed by atoms with Gasteiger partial charge < -0.3 is 14.7 Å². The fourth-order valence-electron chi connectivity index (χ4n) is 2.37. The zero-order valence-electron chi connectivity index (χ0n) is 12.3. The Kier molecular flexibility index (Phi) is 5.20. The van der Waals surface area contributed by atoms with E-state index in [1.165, 1.54) is 0 Å². The van der Waals surface area contributed by atoms with Crippen LogP contribution in [0.3, 0.4) is 0 Å².